The lowest BCUT2D eigenvalue weighted by Gasteiger charge is -2.51. The zero-order chi connectivity index (χ0) is 19.1. The normalized spacial score (nSPS) is 27.0. The molecule has 4 nitrogen and oxygen atoms in total. The molecule has 3 fully saturated rings. The van der Waals surface area contributed by atoms with Crippen LogP contribution in [0.1, 0.15) is 58.1 Å². The molecule has 0 saturated carbocycles. The number of ether oxygens (including phenoxy) is 1. The van der Waals surface area contributed by atoms with Crippen molar-refractivity contribution in [3.63, 3.8) is 0 Å². The molecule has 5 heteroatoms. The number of nitrogens with zero attached hydrogens (tertiary/aromatic N) is 1. The summed E-state index contributed by atoms with van der Waals surface area (Å²) in [6.07, 6.45) is 6.06. The Morgan fingerprint density at radius 3 is 2.00 bits per heavy atom. The Labute approximate surface area is 164 Å². The third-order valence-electron chi connectivity index (χ3n) is 6.81. The van der Waals surface area contributed by atoms with Gasteiger partial charge in [0.05, 0.1) is 30.0 Å². The maximum absolute atomic E-state index is 6.04. The Morgan fingerprint density at radius 1 is 0.889 bits per heavy atom. The van der Waals surface area contributed by atoms with Crippen molar-refractivity contribution in [3.8, 4) is 0 Å². The van der Waals surface area contributed by atoms with Gasteiger partial charge in [-0.3, -0.25) is 4.90 Å². The van der Waals surface area contributed by atoms with E-state index in [2.05, 4.69) is 62.9 Å². The van der Waals surface area contributed by atoms with Crippen molar-refractivity contribution in [2.24, 2.45) is 0 Å². The zero-order valence-electron chi connectivity index (χ0n) is 17.2. The Morgan fingerprint density at radius 2 is 1.48 bits per heavy atom. The van der Waals surface area contributed by atoms with Gasteiger partial charge >= 0.3 is 7.12 Å². The lowest BCUT2D eigenvalue weighted by molar-refractivity contribution is -0.151. The SMILES string of the molecule is CC1(C)OB(/C=C/c2ccc(C3(N4CCCCC4)COC3)cc2)OC1(C)C. The topological polar surface area (TPSA) is 30.9 Å². The van der Waals surface area contributed by atoms with Gasteiger partial charge < -0.3 is 14.0 Å². The first-order chi connectivity index (χ1) is 12.8. The summed E-state index contributed by atoms with van der Waals surface area (Å²) in [6.45, 7) is 12.3. The van der Waals surface area contributed by atoms with E-state index in [9.17, 15) is 0 Å². The second kappa shape index (κ2) is 7.04. The van der Waals surface area contributed by atoms with E-state index < -0.39 is 0 Å². The van der Waals surface area contributed by atoms with Crippen LogP contribution in [0.15, 0.2) is 30.2 Å². The quantitative estimate of drug-likeness (QED) is 0.750. The molecule has 0 atom stereocenters. The Balaban J connectivity index is 1.45. The van der Waals surface area contributed by atoms with E-state index in [1.165, 1.54) is 43.5 Å². The van der Waals surface area contributed by atoms with E-state index in [0.717, 1.165) is 13.2 Å². The summed E-state index contributed by atoms with van der Waals surface area (Å²) in [5.41, 5.74) is 2.05. The highest BCUT2D eigenvalue weighted by Gasteiger charge is 2.50. The molecule has 146 valence electrons. The van der Waals surface area contributed by atoms with Crippen LogP contribution in [0.2, 0.25) is 0 Å². The molecular weight excluding hydrogens is 337 g/mol. The van der Waals surface area contributed by atoms with Crippen LogP contribution in [0, 0.1) is 0 Å². The molecule has 3 aliphatic heterocycles. The highest BCUT2D eigenvalue weighted by molar-refractivity contribution is 6.52. The van der Waals surface area contributed by atoms with Gasteiger partial charge in [-0.25, -0.2) is 0 Å². The summed E-state index contributed by atoms with van der Waals surface area (Å²) < 4.78 is 17.7. The van der Waals surface area contributed by atoms with Crippen molar-refractivity contribution >= 4 is 13.2 Å². The van der Waals surface area contributed by atoms with Crippen molar-refractivity contribution in [3.05, 3.63) is 41.4 Å². The minimum Gasteiger partial charge on any atom is -0.400 e. The smallest absolute Gasteiger partial charge is 0.400 e. The van der Waals surface area contributed by atoms with Gasteiger partial charge in [0.2, 0.25) is 0 Å². The fraction of sp³-hybridized carbons (Fsp3) is 0.636. The van der Waals surface area contributed by atoms with Gasteiger partial charge in [-0.1, -0.05) is 42.7 Å². The minimum absolute atomic E-state index is 0.0917. The zero-order valence-corrected chi connectivity index (χ0v) is 17.2. The molecule has 27 heavy (non-hydrogen) atoms. The monoisotopic (exact) mass is 369 g/mol. The molecule has 3 aliphatic rings. The third-order valence-corrected chi connectivity index (χ3v) is 6.81. The summed E-state index contributed by atoms with van der Waals surface area (Å²) in [4.78, 5) is 2.63. The Bertz CT molecular complexity index is 672. The lowest BCUT2D eigenvalue weighted by Crippen LogP contribution is -2.60. The van der Waals surface area contributed by atoms with Crippen LogP contribution in [0.25, 0.3) is 6.08 Å². The highest BCUT2D eigenvalue weighted by Crippen LogP contribution is 2.39. The number of piperidine rings is 1. The van der Waals surface area contributed by atoms with E-state index >= 15 is 0 Å². The van der Waals surface area contributed by atoms with Gasteiger partial charge in [0.15, 0.2) is 0 Å². The number of likely N-dealkylation sites (tertiary alicyclic amines) is 1. The van der Waals surface area contributed by atoms with Gasteiger partial charge in [0, 0.05) is 0 Å². The summed E-state index contributed by atoms with van der Waals surface area (Å²) in [7, 11) is -0.297. The van der Waals surface area contributed by atoms with Crippen LogP contribution in [0.4, 0.5) is 0 Å². The molecule has 3 heterocycles. The van der Waals surface area contributed by atoms with E-state index in [-0.39, 0.29) is 23.9 Å². The summed E-state index contributed by atoms with van der Waals surface area (Å²) in [5, 5.41) is 0. The average Bonchev–Trinajstić information content (AvgIpc) is 2.81. The maximum atomic E-state index is 6.04. The molecule has 0 bridgehead atoms. The summed E-state index contributed by atoms with van der Waals surface area (Å²) in [6, 6.07) is 8.92. The molecule has 0 radical (unpaired) electrons. The van der Waals surface area contributed by atoms with Crippen molar-refractivity contribution < 1.29 is 14.0 Å². The Kier molecular flexibility index (Phi) is 5.00. The van der Waals surface area contributed by atoms with Gasteiger partial charge in [-0.15, -0.1) is 0 Å². The maximum Gasteiger partial charge on any atom is 0.487 e. The molecule has 0 N–H and O–H groups in total. The van der Waals surface area contributed by atoms with Crippen LogP contribution < -0.4 is 0 Å². The van der Waals surface area contributed by atoms with E-state index in [0.29, 0.717) is 0 Å². The first kappa shape index (κ1) is 19.2. The van der Waals surface area contributed by atoms with Crippen molar-refractivity contribution in [2.45, 2.75) is 63.7 Å². The van der Waals surface area contributed by atoms with E-state index in [4.69, 9.17) is 14.0 Å². The van der Waals surface area contributed by atoms with Crippen molar-refractivity contribution in [1.29, 1.82) is 0 Å². The summed E-state index contributed by atoms with van der Waals surface area (Å²) in [5.74, 6) is 2.01. The molecule has 0 unspecified atom stereocenters. The van der Waals surface area contributed by atoms with E-state index in [1.54, 1.807) is 0 Å². The molecule has 0 spiro atoms. The molecule has 1 aromatic rings. The Hall–Kier alpha value is -1.14. The number of hydrogen-bond acceptors (Lipinski definition) is 4. The molecule has 4 rings (SSSR count). The molecule has 1 aromatic carbocycles. The first-order valence-corrected chi connectivity index (χ1v) is 10.3. The number of rotatable bonds is 4. The minimum atomic E-state index is -0.297. The van der Waals surface area contributed by atoms with Gasteiger partial charge in [0.1, 0.15) is 0 Å². The van der Waals surface area contributed by atoms with Crippen molar-refractivity contribution in [2.75, 3.05) is 26.3 Å². The third kappa shape index (κ3) is 3.51. The van der Waals surface area contributed by atoms with Crippen LogP contribution in [0.5, 0.6) is 0 Å². The fourth-order valence-electron chi connectivity index (χ4n) is 4.21. The molecule has 0 aliphatic carbocycles. The van der Waals surface area contributed by atoms with Crippen LogP contribution in [-0.4, -0.2) is 49.5 Å². The van der Waals surface area contributed by atoms with Gasteiger partial charge in [0.25, 0.3) is 0 Å². The summed E-state index contributed by atoms with van der Waals surface area (Å²) >= 11 is 0. The molecule has 0 aromatic heterocycles. The second-order valence-electron chi connectivity index (χ2n) is 9.18. The standard InChI is InChI=1S/C22H32BNO3/c1-20(2)21(3,4)27-23(26-20)13-12-18-8-10-19(11-9-18)22(16-25-17-22)24-14-6-5-7-15-24/h8-13H,5-7,14-17H2,1-4H3/b13-12+. The van der Waals surface area contributed by atoms with Crippen LogP contribution in [0.3, 0.4) is 0 Å². The largest absolute Gasteiger partial charge is 0.487 e. The fourth-order valence-corrected chi connectivity index (χ4v) is 4.21. The van der Waals surface area contributed by atoms with E-state index in [1.807, 2.05) is 5.98 Å². The van der Waals surface area contributed by atoms with Crippen LogP contribution in [-0.2, 0) is 19.6 Å². The predicted octanol–water partition coefficient (Wildman–Crippen LogP) is 4.04. The molecule has 0 amide bonds. The van der Waals surface area contributed by atoms with Crippen molar-refractivity contribution in [1.82, 2.24) is 4.90 Å². The van der Waals surface area contributed by atoms with Crippen LogP contribution >= 0.6 is 0 Å². The van der Waals surface area contributed by atoms with Gasteiger partial charge in [-0.2, -0.15) is 0 Å². The highest BCUT2D eigenvalue weighted by atomic mass is 16.7. The lowest BCUT2D eigenvalue weighted by atomic mass is 9.83. The second-order valence-corrected chi connectivity index (χ2v) is 9.18. The average molecular weight is 369 g/mol. The predicted molar refractivity (Wildman–Crippen MR) is 109 cm³/mol. The molecular formula is C22H32BNO3. The van der Waals surface area contributed by atoms with Gasteiger partial charge in [-0.05, 0) is 64.8 Å². The number of benzene rings is 1. The number of hydrogen-bond donors (Lipinski definition) is 0. The first-order valence-electron chi connectivity index (χ1n) is 10.3. The molecule has 3 saturated heterocycles.